The smallest absolute Gasteiger partial charge is 0.295 e. The molecule has 0 radical (unpaired) electrons. The lowest BCUT2D eigenvalue weighted by Crippen LogP contribution is -2.18. The molecule has 0 aliphatic carbocycles. The van der Waals surface area contributed by atoms with Crippen molar-refractivity contribution in [2.24, 2.45) is 5.14 Å². The van der Waals surface area contributed by atoms with Gasteiger partial charge in [-0.2, -0.15) is 4.68 Å². The van der Waals surface area contributed by atoms with Crippen LogP contribution in [0.3, 0.4) is 0 Å². The Labute approximate surface area is 203 Å². The number of fused-ring (bicyclic) bond motifs is 1. The summed E-state index contributed by atoms with van der Waals surface area (Å²) in [5.74, 6) is -1.30. The highest BCUT2D eigenvalue weighted by atomic mass is 32.2. The number of benzene rings is 3. The van der Waals surface area contributed by atoms with Gasteiger partial charge < -0.3 is 11.1 Å². The first kappa shape index (κ1) is 23.0. The van der Waals surface area contributed by atoms with Crippen LogP contribution in [0.15, 0.2) is 77.8 Å². The lowest BCUT2D eigenvalue weighted by atomic mass is 10.0. The Kier molecular flexibility index (Phi) is 5.62. The molecule has 1 amide bonds. The van der Waals surface area contributed by atoms with E-state index in [-0.39, 0.29) is 27.5 Å². The van der Waals surface area contributed by atoms with E-state index in [0.29, 0.717) is 16.9 Å². The molecule has 0 atom stereocenters. The van der Waals surface area contributed by atoms with Crippen LogP contribution in [0.2, 0.25) is 0 Å². The maximum Gasteiger partial charge on any atom is 0.295 e. The van der Waals surface area contributed by atoms with Crippen molar-refractivity contribution in [1.82, 2.24) is 25.2 Å². The molecule has 36 heavy (non-hydrogen) atoms. The van der Waals surface area contributed by atoms with Crippen LogP contribution >= 0.6 is 0 Å². The number of nitrogens with zero attached hydrogens (tertiary/aromatic N) is 5. The molecule has 2 aromatic heterocycles. The molecule has 0 saturated heterocycles. The van der Waals surface area contributed by atoms with Crippen LogP contribution in [0.5, 0.6) is 0 Å². The molecule has 180 valence electrons. The Morgan fingerprint density at radius 1 is 1.00 bits per heavy atom. The largest absolute Gasteiger partial charge is 0.383 e. The number of rotatable bonds is 5. The molecule has 3 aromatic carbocycles. The molecular weight excluding hydrogens is 487 g/mol. The number of nitrogens with one attached hydrogen (secondary N) is 1. The van der Waals surface area contributed by atoms with Crippen molar-refractivity contribution in [1.29, 1.82) is 0 Å². The fourth-order valence-electron chi connectivity index (χ4n) is 3.75. The number of nitrogens with two attached hydrogens (primary N) is 2. The summed E-state index contributed by atoms with van der Waals surface area (Å²) in [7, 11) is -4.08. The van der Waals surface area contributed by atoms with E-state index in [1.54, 1.807) is 36.5 Å². The maximum atomic E-state index is 15.0. The van der Waals surface area contributed by atoms with Gasteiger partial charge in [-0.15, -0.1) is 5.10 Å². The summed E-state index contributed by atoms with van der Waals surface area (Å²) >= 11 is 0. The summed E-state index contributed by atoms with van der Waals surface area (Å²) in [5, 5.41) is 20.6. The summed E-state index contributed by atoms with van der Waals surface area (Å²) in [4.78, 5) is 16.8. The second-order valence-electron chi connectivity index (χ2n) is 7.71. The number of carbonyl (C=O) groups is 1. The summed E-state index contributed by atoms with van der Waals surface area (Å²) in [5.41, 5.74) is 6.64. The van der Waals surface area contributed by atoms with E-state index in [1.807, 2.05) is 0 Å². The molecule has 5 N–H and O–H groups in total. The summed E-state index contributed by atoms with van der Waals surface area (Å²) in [6.45, 7) is 0. The van der Waals surface area contributed by atoms with Crippen molar-refractivity contribution < 1.29 is 17.6 Å². The van der Waals surface area contributed by atoms with Crippen molar-refractivity contribution in [3.63, 3.8) is 0 Å². The van der Waals surface area contributed by atoms with Crippen LogP contribution in [0.25, 0.3) is 27.6 Å². The second kappa shape index (κ2) is 8.79. The Morgan fingerprint density at radius 3 is 2.58 bits per heavy atom. The lowest BCUT2D eigenvalue weighted by molar-refractivity contribution is 0.101. The van der Waals surface area contributed by atoms with Gasteiger partial charge in [0.2, 0.25) is 15.8 Å². The van der Waals surface area contributed by atoms with Gasteiger partial charge in [0.05, 0.1) is 10.6 Å². The molecular formula is C23H17FN8O3S. The molecule has 0 aliphatic rings. The quantitative estimate of drug-likeness (QED) is 0.327. The van der Waals surface area contributed by atoms with Crippen LogP contribution in [0.4, 0.5) is 15.9 Å². The minimum Gasteiger partial charge on any atom is -0.383 e. The third-order valence-electron chi connectivity index (χ3n) is 5.41. The topological polar surface area (TPSA) is 172 Å². The first-order valence-corrected chi connectivity index (χ1v) is 11.9. The Bertz CT molecular complexity index is 1750. The Morgan fingerprint density at radius 2 is 1.81 bits per heavy atom. The van der Waals surface area contributed by atoms with Crippen molar-refractivity contribution in [2.45, 2.75) is 4.90 Å². The molecule has 0 fully saturated rings. The van der Waals surface area contributed by atoms with Crippen LogP contribution in [0, 0.1) is 5.82 Å². The Hall–Kier alpha value is -4.75. The lowest BCUT2D eigenvalue weighted by Gasteiger charge is -2.11. The van der Waals surface area contributed by atoms with E-state index in [1.165, 1.54) is 35.0 Å². The van der Waals surface area contributed by atoms with Crippen LogP contribution in [0.1, 0.15) is 10.6 Å². The van der Waals surface area contributed by atoms with Crippen LogP contribution in [-0.2, 0) is 10.0 Å². The summed E-state index contributed by atoms with van der Waals surface area (Å²) < 4.78 is 40.0. The van der Waals surface area contributed by atoms with Crippen molar-refractivity contribution in [3.8, 4) is 16.8 Å². The van der Waals surface area contributed by atoms with E-state index >= 15 is 0 Å². The SMILES string of the molecule is Nc1nccc2ccc(-n3nnnc3C(=O)Nc3ccc(-c4ccccc4S(N)(=O)=O)c(F)c3)cc12. The molecule has 0 unspecified atom stereocenters. The van der Waals surface area contributed by atoms with E-state index in [9.17, 15) is 17.6 Å². The highest BCUT2D eigenvalue weighted by Crippen LogP contribution is 2.30. The molecule has 0 spiro atoms. The number of hydrogen-bond donors (Lipinski definition) is 3. The molecule has 13 heteroatoms. The van der Waals surface area contributed by atoms with Gasteiger partial charge in [-0.25, -0.2) is 22.9 Å². The van der Waals surface area contributed by atoms with E-state index in [4.69, 9.17) is 10.9 Å². The Balaban J connectivity index is 1.44. The number of carbonyl (C=O) groups excluding carboxylic acids is 1. The molecule has 5 aromatic rings. The third-order valence-corrected chi connectivity index (χ3v) is 6.38. The van der Waals surface area contributed by atoms with Gasteiger partial charge in [-0.1, -0.05) is 24.3 Å². The van der Waals surface area contributed by atoms with Crippen LogP contribution in [-0.4, -0.2) is 39.5 Å². The monoisotopic (exact) mass is 504 g/mol. The number of hydrogen-bond acceptors (Lipinski definition) is 8. The molecule has 2 heterocycles. The molecule has 11 nitrogen and oxygen atoms in total. The van der Waals surface area contributed by atoms with Crippen molar-refractivity contribution in [2.75, 3.05) is 11.1 Å². The maximum absolute atomic E-state index is 15.0. The number of amides is 1. The fourth-order valence-corrected chi connectivity index (χ4v) is 4.50. The van der Waals surface area contributed by atoms with E-state index in [0.717, 1.165) is 11.5 Å². The standard InChI is InChI=1S/C23H17FN8O3S/c24-19-11-14(6-8-16(19)17-3-1-2-4-20(17)36(26,34)35)28-23(33)22-29-30-31-32(22)15-7-5-13-9-10-27-21(25)18(13)12-15/h1-12H,(H2,25,27)(H,28,33)(H2,26,34,35). The second-order valence-corrected chi connectivity index (χ2v) is 9.24. The molecule has 0 saturated carbocycles. The highest BCUT2D eigenvalue weighted by Gasteiger charge is 2.20. The third kappa shape index (κ3) is 4.23. The average Bonchev–Trinajstić information content (AvgIpc) is 3.34. The molecule has 0 bridgehead atoms. The first-order valence-electron chi connectivity index (χ1n) is 10.4. The number of sulfonamides is 1. The van der Waals surface area contributed by atoms with Crippen LogP contribution < -0.4 is 16.2 Å². The normalized spacial score (nSPS) is 11.5. The number of nitrogen functional groups attached to an aromatic ring is 1. The molecule has 5 rings (SSSR count). The average molecular weight is 505 g/mol. The van der Waals surface area contributed by atoms with Gasteiger partial charge in [-0.3, -0.25) is 4.79 Å². The highest BCUT2D eigenvalue weighted by molar-refractivity contribution is 7.89. The number of primary sulfonamides is 1. The summed E-state index contributed by atoms with van der Waals surface area (Å²) in [6.07, 6.45) is 1.59. The number of pyridine rings is 1. The van der Waals surface area contributed by atoms with Gasteiger partial charge in [0.15, 0.2) is 0 Å². The van der Waals surface area contributed by atoms with E-state index in [2.05, 4.69) is 25.8 Å². The first-order chi connectivity index (χ1) is 17.2. The van der Waals surface area contributed by atoms with E-state index < -0.39 is 21.7 Å². The predicted octanol–water partition coefficient (Wildman–Crippen LogP) is 2.50. The zero-order chi connectivity index (χ0) is 25.4. The number of halogens is 1. The minimum atomic E-state index is -4.08. The zero-order valence-corrected chi connectivity index (χ0v) is 19.1. The number of aromatic nitrogens is 5. The molecule has 0 aliphatic heterocycles. The fraction of sp³-hybridized carbons (Fsp3) is 0. The van der Waals surface area contributed by atoms with Gasteiger partial charge >= 0.3 is 0 Å². The van der Waals surface area contributed by atoms with Gasteiger partial charge in [-0.05, 0) is 58.3 Å². The summed E-state index contributed by atoms with van der Waals surface area (Å²) in [6, 6.07) is 16.6. The zero-order valence-electron chi connectivity index (χ0n) is 18.3. The number of anilines is 2. The number of tetrazole rings is 1. The van der Waals surface area contributed by atoms with Gasteiger partial charge in [0.25, 0.3) is 5.91 Å². The van der Waals surface area contributed by atoms with Gasteiger partial charge in [0, 0.05) is 28.4 Å². The van der Waals surface area contributed by atoms with Crippen molar-refractivity contribution >= 4 is 38.2 Å². The minimum absolute atomic E-state index is 0.00446. The predicted molar refractivity (Wildman–Crippen MR) is 130 cm³/mol. The van der Waals surface area contributed by atoms with Crippen molar-refractivity contribution in [3.05, 3.63) is 84.6 Å². The van der Waals surface area contributed by atoms with Gasteiger partial charge in [0.1, 0.15) is 11.6 Å².